The Morgan fingerprint density at radius 2 is 0.981 bits per heavy atom. The van der Waals surface area contributed by atoms with Crippen LogP contribution in [0.3, 0.4) is 0 Å². The van der Waals surface area contributed by atoms with Crippen molar-refractivity contribution in [2.45, 2.75) is 44.2 Å². The Morgan fingerprint density at radius 3 is 1.40 bits per heavy atom. The molecule has 0 saturated heterocycles. The Labute approximate surface area is 336 Å². The molecule has 0 radical (unpaired) electrons. The van der Waals surface area contributed by atoms with E-state index in [2.05, 4.69) is 198 Å². The summed E-state index contributed by atoms with van der Waals surface area (Å²) in [5.74, 6) is 0.461. The molecule has 1 unspecified atom stereocenters. The second-order valence-electron chi connectivity index (χ2n) is 15.2. The quantitative estimate of drug-likeness (QED) is 0.152. The number of fused-ring (bicyclic) bond motifs is 3. The van der Waals surface area contributed by atoms with Crippen LogP contribution in [-0.2, 0) is 21.3 Å². The van der Waals surface area contributed by atoms with Crippen molar-refractivity contribution in [2.24, 2.45) is 11.3 Å². The fourth-order valence-electron chi connectivity index (χ4n) is 8.26. The first kappa shape index (κ1) is 38.8. The van der Waals surface area contributed by atoms with Gasteiger partial charge in [-0.2, -0.15) is 0 Å². The molecule has 8 rings (SSSR count). The zero-order valence-electron chi connectivity index (χ0n) is 31.0. The van der Waals surface area contributed by atoms with Gasteiger partial charge in [-0.15, -0.1) is 0 Å². The van der Waals surface area contributed by atoms with Crippen LogP contribution in [0.25, 0.3) is 33.4 Å². The summed E-state index contributed by atoms with van der Waals surface area (Å²) in [5, 5.41) is 0. The van der Waals surface area contributed by atoms with Gasteiger partial charge in [-0.25, -0.2) is 0 Å². The summed E-state index contributed by atoms with van der Waals surface area (Å²) in [6.45, 7) is 9.53. The average Bonchev–Trinajstić information content (AvgIpc) is 3.74. The molecule has 0 spiro atoms. The minimum atomic E-state index is -3.00. The topological polar surface area (TPSA) is 0 Å². The summed E-state index contributed by atoms with van der Waals surface area (Å²) >= 11 is -3.00. The molecule has 0 heterocycles. The van der Waals surface area contributed by atoms with Crippen LogP contribution >= 0.6 is 0 Å². The molecule has 6 aromatic carbocycles. The van der Waals surface area contributed by atoms with Gasteiger partial charge in [-0.05, 0) is 0 Å². The summed E-state index contributed by atoms with van der Waals surface area (Å²) in [7, 11) is 0. The maximum atomic E-state index is 2.70. The molecule has 2 aliphatic carbocycles. The van der Waals surface area contributed by atoms with Crippen molar-refractivity contribution in [2.75, 3.05) is 0 Å². The summed E-state index contributed by atoms with van der Waals surface area (Å²) in [5.41, 5.74) is 15.4. The van der Waals surface area contributed by atoms with Crippen molar-refractivity contribution in [3.05, 3.63) is 201 Å². The zero-order chi connectivity index (χ0) is 35.0. The maximum Gasteiger partial charge on any atom is -1.00 e. The number of hydrogen-bond donors (Lipinski definition) is 0. The molecule has 0 bridgehead atoms. The van der Waals surface area contributed by atoms with E-state index < -0.39 is 21.3 Å². The zero-order valence-corrected chi connectivity index (χ0v) is 35.0. The van der Waals surface area contributed by atoms with Crippen molar-refractivity contribution >= 4 is 3.21 Å². The fourth-order valence-corrected chi connectivity index (χ4v) is 17.9. The summed E-state index contributed by atoms with van der Waals surface area (Å²) in [6.07, 6.45) is 7.71. The third kappa shape index (κ3) is 7.73. The van der Waals surface area contributed by atoms with Gasteiger partial charge >= 0.3 is 314 Å². The standard InChI is InChI=1S/C25H17.C13H10.C12H19.2ClH.Zr/c1-3-7-18(8-4-1)20-11-13-24-22(15-20)17-23-16-21(12-14-25(23)24)19-9-5-2-6-10-19;1-3-7-12(8-4-1)11-13-9-5-2-6-10-13;1-5-6-10-7-8-11(9-10)12(2,3)4;;;/h1-17H;1-10H;8-10H,5-6H2,1-4H3;2*1H;/q;;;;;+2/p-2. The van der Waals surface area contributed by atoms with E-state index in [1.54, 1.807) is 6.49 Å². The van der Waals surface area contributed by atoms with Crippen molar-refractivity contribution in [1.82, 2.24) is 0 Å². The van der Waals surface area contributed by atoms with Crippen LogP contribution < -0.4 is 24.8 Å². The predicted octanol–water partition coefficient (Wildman–Crippen LogP) is 7.27. The summed E-state index contributed by atoms with van der Waals surface area (Å²) < 4.78 is 3.66. The predicted molar refractivity (Wildman–Crippen MR) is 215 cm³/mol. The minimum absolute atomic E-state index is 0. The molecular formula is C50H46Cl2Zr. The van der Waals surface area contributed by atoms with Crippen LogP contribution in [0.15, 0.2) is 179 Å². The summed E-state index contributed by atoms with van der Waals surface area (Å²) in [6, 6.07) is 59.4. The van der Waals surface area contributed by atoms with Crippen LogP contribution in [0, 0.1) is 11.3 Å². The van der Waals surface area contributed by atoms with E-state index in [4.69, 9.17) is 0 Å². The molecule has 0 aromatic heterocycles. The van der Waals surface area contributed by atoms with Crippen molar-refractivity contribution < 1.29 is 46.1 Å². The molecule has 0 nitrogen and oxygen atoms in total. The molecule has 2 aliphatic rings. The molecule has 0 fully saturated rings. The van der Waals surface area contributed by atoms with Gasteiger partial charge in [0, 0.05) is 0 Å². The van der Waals surface area contributed by atoms with Gasteiger partial charge in [0.15, 0.2) is 0 Å². The molecule has 53 heavy (non-hydrogen) atoms. The minimum Gasteiger partial charge on any atom is -1.00 e. The molecule has 0 amide bonds. The van der Waals surface area contributed by atoms with E-state index in [0.717, 1.165) is 0 Å². The molecule has 1 atom stereocenters. The van der Waals surface area contributed by atoms with E-state index in [1.165, 1.54) is 74.0 Å². The Balaban J connectivity index is 0.00000240. The van der Waals surface area contributed by atoms with Gasteiger partial charge in [0.1, 0.15) is 0 Å². The monoisotopic (exact) mass is 806 g/mol. The molecule has 3 heteroatoms. The SMILES string of the molecule is CCCC1C=C(C(C)(C)C)C=[C]1[Zr+2](=[C](c1ccccc1)c1ccccc1)[CH]1c2cc(-c3ccccc3)ccc2-c2ccc(-c3ccccc3)cc21.[Cl-].[Cl-]. The van der Waals surface area contributed by atoms with E-state index in [0.29, 0.717) is 9.54 Å². The molecule has 6 aromatic rings. The van der Waals surface area contributed by atoms with E-state index >= 15 is 0 Å². The maximum absolute atomic E-state index is 3.00. The van der Waals surface area contributed by atoms with Crippen LogP contribution in [0.1, 0.15) is 66.4 Å². The van der Waals surface area contributed by atoms with Crippen molar-refractivity contribution in [3.63, 3.8) is 0 Å². The average molecular weight is 809 g/mol. The molecular weight excluding hydrogens is 763 g/mol. The number of halogens is 2. The number of rotatable bonds is 8. The normalized spacial score (nSPS) is 14.4. The van der Waals surface area contributed by atoms with E-state index in [1.807, 2.05) is 0 Å². The van der Waals surface area contributed by atoms with Crippen LogP contribution in [-0.4, -0.2) is 3.21 Å². The van der Waals surface area contributed by atoms with Crippen LogP contribution in [0.4, 0.5) is 0 Å². The van der Waals surface area contributed by atoms with E-state index in [9.17, 15) is 0 Å². The van der Waals surface area contributed by atoms with Gasteiger partial charge in [0.25, 0.3) is 0 Å². The number of allylic oxidation sites excluding steroid dienone is 4. The Morgan fingerprint density at radius 1 is 0.547 bits per heavy atom. The molecule has 0 aliphatic heterocycles. The first-order valence-electron chi connectivity index (χ1n) is 18.6. The second kappa shape index (κ2) is 16.7. The molecule has 0 saturated carbocycles. The second-order valence-corrected chi connectivity index (χ2v) is 21.3. The van der Waals surface area contributed by atoms with Gasteiger partial charge in [0.2, 0.25) is 0 Å². The first-order valence-corrected chi connectivity index (χ1v) is 22.5. The number of hydrogen-bond acceptors (Lipinski definition) is 0. The molecule has 264 valence electrons. The third-order valence-corrected chi connectivity index (χ3v) is 19.3. The Bertz CT molecular complexity index is 2150. The van der Waals surface area contributed by atoms with Crippen molar-refractivity contribution in [3.8, 4) is 33.4 Å². The fraction of sp³-hybridized carbons (Fsp3) is 0.180. The van der Waals surface area contributed by atoms with Gasteiger partial charge < -0.3 is 24.8 Å². The number of benzene rings is 6. The van der Waals surface area contributed by atoms with Crippen LogP contribution in [0.5, 0.6) is 0 Å². The Hall–Kier alpha value is -3.87. The van der Waals surface area contributed by atoms with Gasteiger partial charge in [0.05, 0.1) is 0 Å². The summed E-state index contributed by atoms with van der Waals surface area (Å²) in [4.78, 5) is 0. The smallest absolute Gasteiger partial charge is 1.00 e. The van der Waals surface area contributed by atoms with Gasteiger partial charge in [-0.1, -0.05) is 0 Å². The van der Waals surface area contributed by atoms with Crippen LogP contribution in [0.2, 0.25) is 0 Å². The molecule has 0 N–H and O–H groups in total. The largest absolute Gasteiger partial charge is 1.00 e. The van der Waals surface area contributed by atoms with Gasteiger partial charge in [-0.3, -0.25) is 0 Å². The van der Waals surface area contributed by atoms with E-state index in [-0.39, 0.29) is 30.2 Å². The van der Waals surface area contributed by atoms with Crippen molar-refractivity contribution in [1.29, 1.82) is 0 Å². The third-order valence-electron chi connectivity index (χ3n) is 10.8. The first-order chi connectivity index (χ1) is 24.9. The Kier molecular flexibility index (Phi) is 12.2.